The largest absolute Gasteiger partial charge is 0.496 e. The highest BCUT2D eigenvalue weighted by atomic mass is 35.5. The second kappa shape index (κ2) is 10.3. The Morgan fingerprint density at radius 1 is 0.973 bits per heavy atom. The SMILES string of the molecule is COc1ccc(C(C)(C)C)cc1[C@@H]1[C@@H](C(=O)c2cccs2)[C@H](c2ccc(Cl)cc2)ON1c1ccccc1. The van der Waals surface area contributed by atoms with Crippen LogP contribution in [0.15, 0.2) is 90.3 Å². The van der Waals surface area contributed by atoms with Crippen LogP contribution >= 0.6 is 22.9 Å². The van der Waals surface area contributed by atoms with E-state index in [2.05, 4.69) is 32.9 Å². The summed E-state index contributed by atoms with van der Waals surface area (Å²) < 4.78 is 5.88. The summed E-state index contributed by atoms with van der Waals surface area (Å²) in [5, 5.41) is 4.46. The summed E-state index contributed by atoms with van der Waals surface area (Å²) in [5.74, 6) is 0.244. The van der Waals surface area contributed by atoms with Crippen molar-refractivity contribution in [3.63, 3.8) is 0 Å². The number of carbonyl (C=O) groups is 1. The molecule has 1 aliphatic heterocycles. The maximum Gasteiger partial charge on any atom is 0.181 e. The van der Waals surface area contributed by atoms with E-state index in [1.165, 1.54) is 11.3 Å². The number of carbonyl (C=O) groups excluding carboxylic acids is 1. The molecule has 0 unspecified atom stereocenters. The lowest BCUT2D eigenvalue weighted by Crippen LogP contribution is -2.29. The molecule has 1 aromatic heterocycles. The van der Waals surface area contributed by atoms with Crippen LogP contribution in [0.1, 0.15) is 59.3 Å². The number of benzene rings is 3. The normalized spacial score (nSPS) is 19.7. The zero-order chi connectivity index (χ0) is 26.2. The number of hydrogen-bond acceptors (Lipinski definition) is 5. The molecule has 37 heavy (non-hydrogen) atoms. The summed E-state index contributed by atoms with van der Waals surface area (Å²) in [4.78, 5) is 21.7. The van der Waals surface area contributed by atoms with E-state index in [9.17, 15) is 4.79 Å². The van der Waals surface area contributed by atoms with E-state index in [-0.39, 0.29) is 11.2 Å². The van der Waals surface area contributed by atoms with Gasteiger partial charge in [-0.15, -0.1) is 11.3 Å². The van der Waals surface area contributed by atoms with E-state index in [0.29, 0.717) is 9.90 Å². The highest BCUT2D eigenvalue weighted by Crippen LogP contribution is 2.52. The average Bonchev–Trinajstić information content (AvgIpc) is 3.57. The van der Waals surface area contributed by atoms with Crippen molar-refractivity contribution < 1.29 is 14.4 Å². The third-order valence-corrected chi connectivity index (χ3v) is 7.97. The lowest BCUT2D eigenvalue weighted by molar-refractivity contribution is 0.0602. The minimum Gasteiger partial charge on any atom is -0.496 e. The number of rotatable bonds is 6. The molecule has 3 aromatic carbocycles. The fourth-order valence-electron chi connectivity index (χ4n) is 4.90. The maximum atomic E-state index is 14.2. The Labute approximate surface area is 227 Å². The molecule has 0 bridgehead atoms. The zero-order valence-corrected chi connectivity index (χ0v) is 22.9. The number of ketones is 1. The summed E-state index contributed by atoms with van der Waals surface area (Å²) >= 11 is 7.67. The number of hydroxylamine groups is 1. The molecule has 5 rings (SSSR count). The quantitative estimate of drug-likeness (QED) is 0.234. The number of ether oxygens (including phenoxy) is 1. The summed E-state index contributed by atoms with van der Waals surface area (Å²) in [7, 11) is 1.67. The minimum atomic E-state index is -0.524. The van der Waals surface area contributed by atoms with Gasteiger partial charge >= 0.3 is 0 Å². The van der Waals surface area contributed by atoms with Gasteiger partial charge in [0.25, 0.3) is 0 Å². The fourth-order valence-corrected chi connectivity index (χ4v) is 5.74. The first kappa shape index (κ1) is 25.5. The Morgan fingerprint density at radius 3 is 2.32 bits per heavy atom. The topological polar surface area (TPSA) is 38.8 Å². The number of Topliss-reactive ketones (excluding diaryl/α,β-unsaturated/α-hetero) is 1. The van der Waals surface area contributed by atoms with Gasteiger partial charge in [-0.25, -0.2) is 5.06 Å². The van der Waals surface area contributed by atoms with Crippen LogP contribution in [0.4, 0.5) is 5.69 Å². The van der Waals surface area contributed by atoms with E-state index < -0.39 is 18.1 Å². The molecule has 1 fully saturated rings. The lowest BCUT2D eigenvalue weighted by atomic mass is 9.80. The van der Waals surface area contributed by atoms with Crippen LogP contribution in [0.25, 0.3) is 0 Å². The molecular weight excluding hydrogens is 502 g/mol. The van der Waals surface area contributed by atoms with Gasteiger partial charge < -0.3 is 4.74 Å². The average molecular weight is 532 g/mol. The van der Waals surface area contributed by atoms with Crippen LogP contribution in [0.5, 0.6) is 5.75 Å². The summed E-state index contributed by atoms with van der Waals surface area (Å²) in [6.07, 6.45) is -0.514. The summed E-state index contributed by atoms with van der Waals surface area (Å²) in [5.41, 5.74) is 3.77. The highest BCUT2D eigenvalue weighted by Gasteiger charge is 2.50. The third kappa shape index (κ3) is 5.04. The number of nitrogens with zero attached hydrogens (tertiary/aromatic N) is 1. The summed E-state index contributed by atoms with van der Waals surface area (Å²) in [6.45, 7) is 6.55. The smallest absolute Gasteiger partial charge is 0.181 e. The van der Waals surface area contributed by atoms with Crippen molar-refractivity contribution in [2.24, 2.45) is 5.92 Å². The third-order valence-electron chi connectivity index (χ3n) is 6.84. The molecule has 0 aliphatic carbocycles. The number of para-hydroxylation sites is 1. The van der Waals surface area contributed by atoms with Gasteiger partial charge in [-0.2, -0.15) is 0 Å². The van der Waals surface area contributed by atoms with Crippen molar-refractivity contribution >= 4 is 34.4 Å². The molecule has 1 aliphatic rings. The van der Waals surface area contributed by atoms with Crippen molar-refractivity contribution in [3.05, 3.63) is 117 Å². The Kier molecular flexibility index (Phi) is 7.13. The highest BCUT2D eigenvalue weighted by molar-refractivity contribution is 7.12. The number of hydrogen-bond donors (Lipinski definition) is 0. The van der Waals surface area contributed by atoms with Crippen molar-refractivity contribution in [1.82, 2.24) is 0 Å². The number of halogens is 1. The predicted molar refractivity (Wildman–Crippen MR) is 151 cm³/mol. The van der Waals surface area contributed by atoms with Crippen LogP contribution in [0.3, 0.4) is 0 Å². The molecule has 0 spiro atoms. The molecule has 3 atom stereocenters. The Balaban J connectivity index is 1.74. The monoisotopic (exact) mass is 531 g/mol. The zero-order valence-electron chi connectivity index (χ0n) is 21.4. The Hall–Kier alpha value is -3.12. The number of methoxy groups -OCH3 is 1. The van der Waals surface area contributed by atoms with E-state index in [1.807, 2.05) is 83.2 Å². The number of thiophene rings is 1. The van der Waals surface area contributed by atoms with Crippen LogP contribution in [0.2, 0.25) is 5.02 Å². The first-order chi connectivity index (χ1) is 17.8. The van der Waals surface area contributed by atoms with E-state index in [0.717, 1.165) is 28.1 Å². The van der Waals surface area contributed by atoms with Crippen LogP contribution in [-0.2, 0) is 10.3 Å². The number of anilines is 1. The van der Waals surface area contributed by atoms with Gasteiger partial charge in [-0.3, -0.25) is 9.63 Å². The molecule has 0 radical (unpaired) electrons. The molecule has 0 saturated carbocycles. The van der Waals surface area contributed by atoms with Gasteiger partial charge in [-0.1, -0.05) is 74.8 Å². The van der Waals surface area contributed by atoms with Gasteiger partial charge in [-0.05, 0) is 64.4 Å². The van der Waals surface area contributed by atoms with E-state index in [4.69, 9.17) is 21.2 Å². The molecular formula is C31H30ClNO3S. The van der Waals surface area contributed by atoms with E-state index >= 15 is 0 Å². The van der Waals surface area contributed by atoms with Gasteiger partial charge in [0.05, 0.1) is 29.6 Å². The van der Waals surface area contributed by atoms with Crippen LogP contribution in [-0.4, -0.2) is 12.9 Å². The fraction of sp³-hybridized carbons (Fsp3) is 0.258. The summed E-state index contributed by atoms with van der Waals surface area (Å²) in [6, 6.07) is 27.1. The first-order valence-electron chi connectivity index (χ1n) is 12.3. The maximum absolute atomic E-state index is 14.2. The van der Waals surface area contributed by atoms with Gasteiger partial charge in [0.2, 0.25) is 0 Å². The first-order valence-corrected chi connectivity index (χ1v) is 13.6. The molecule has 0 amide bonds. The minimum absolute atomic E-state index is 0.0431. The standard InChI is InChI=1S/C31H30ClNO3S/c1-31(2,3)21-14-17-25(35-4)24(19-21)28-27(29(34)26-11-8-18-37-26)30(20-12-15-22(32)16-13-20)36-33(28)23-9-6-5-7-10-23/h5-19,27-28,30H,1-4H3/t27-,28+,30-/m0/s1. The van der Waals surface area contributed by atoms with Crippen LogP contribution < -0.4 is 9.80 Å². The lowest BCUT2D eigenvalue weighted by Gasteiger charge is -2.30. The van der Waals surface area contributed by atoms with Gasteiger partial charge in [0.15, 0.2) is 5.78 Å². The van der Waals surface area contributed by atoms with E-state index in [1.54, 1.807) is 7.11 Å². The van der Waals surface area contributed by atoms with Gasteiger partial charge in [0, 0.05) is 10.6 Å². The Bertz CT molecular complexity index is 1360. The molecule has 0 N–H and O–H groups in total. The van der Waals surface area contributed by atoms with Crippen molar-refractivity contribution in [3.8, 4) is 5.75 Å². The molecule has 4 nitrogen and oxygen atoms in total. The van der Waals surface area contributed by atoms with Crippen molar-refractivity contribution in [1.29, 1.82) is 0 Å². The second-order valence-corrected chi connectivity index (χ2v) is 11.6. The van der Waals surface area contributed by atoms with Crippen LogP contribution in [0, 0.1) is 5.92 Å². The molecule has 6 heteroatoms. The molecule has 1 saturated heterocycles. The molecule has 4 aromatic rings. The molecule has 2 heterocycles. The van der Waals surface area contributed by atoms with Crippen molar-refractivity contribution in [2.75, 3.05) is 12.2 Å². The van der Waals surface area contributed by atoms with Crippen molar-refractivity contribution in [2.45, 2.75) is 38.3 Å². The Morgan fingerprint density at radius 2 is 1.70 bits per heavy atom. The second-order valence-electron chi connectivity index (χ2n) is 10.3. The van der Waals surface area contributed by atoms with Gasteiger partial charge in [0.1, 0.15) is 11.9 Å². The molecule has 190 valence electrons. The predicted octanol–water partition coefficient (Wildman–Crippen LogP) is 8.44.